The molecule has 12 rings (SSSR count). The molecule has 0 spiro atoms. The Morgan fingerprint density at radius 3 is 1.82 bits per heavy atom. The molecule has 0 atom stereocenters. The molecule has 4 heterocycles. The Kier molecular flexibility index (Phi) is 8.74. The standard InChI is InChI=1S/C60H54BN5/c1-58(2,3)39-29-32-43(33-30-39)64(49-26-17-25-47-54(49)45-23-15-16-24-46(45)60(47,7)8)44-34-35-48-52(37-44)65(41-19-11-9-12-20-41)50-27-18-28-51-55(50)61(48)56-57(66(51)42-21-13-10-14-22-42)63-38-40(59(4,5)6)31-36-53(63)62-56/h9-38H,1-8H3. The van der Waals surface area contributed by atoms with Gasteiger partial charge in [0.25, 0.3) is 6.71 Å². The van der Waals surface area contributed by atoms with Gasteiger partial charge in [-0.05, 0) is 122 Å². The number of hydrogen-bond donors (Lipinski definition) is 0. The van der Waals surface area contributed by atoms with E-state index >= 15 is 0 Å². The smallest absolute Gasteiger partial charge is 0.277 e. The molecule has 2 aromatic heterocycles. The molecule has 0 unspecified atom stereocenters. The summed E-state index contributed by atoms with van der Waals surface area (Å²) in [6.45, 7) is 18.3. The maximum Gasteiger partial charge on any atom is 0.277 e. The van der Waals surface area contributed by atoms with Crippen LogP contribution in [0.5, 0.6) is 0 Å². The first-order valence-electron chi connectivity index (χ1n) is 23.4. The summed E-state index contributed by atoms with van der Waals surface area (Å²) in [6.07, 6.45) is 2.32. The molecule has 0 saturated heterocycles. The normalized spacial score (nSPS) is 14.4. The number of rotatable bonds is 5. The fraction of sp³-hybridized carbons (Fsp3) is 0.183. The maximum absolute atomic E-state index is 5.62. The molecule has 9 aromatic rings. The van der Waals surface area contributed by atoms with Crippen molar-refractivity contribution in [3.05, 3.63) is 204 Å². The number of nitrogens with zero attached hydrogens (tertiary/aromatic N) is 5. The lowest BCUT2D eigenvalue weighted by Gasteiger charge is -2.43. The average molecular weight is 856 g/mol. The van der Waals surface area contributed by atoms with Crippen LogP contribution in [0.15, 0.2) is 182 Å². The zero-order valence-electron chi connectivity index (χ0n) is 39.1. The van der Waals surface area contributed by atoms with E-state index < -0.39 is 0 Å². The molecule has 0 amide bonds. The molecule has 322 valence electrons. The third-order valence-electron chi connectivity index (χ3n) is 14.5. The molecular weight excluding hydrogens is 802 g/mol. The van der Waals surface area contributed by atoms with E-state index in [1.54, 1.807) is 0 Å². The molecule has 0 bridgehead atoms. The van der Waals surface area contributed by atoms with Crippen molar-refractivity contribution in [1.29, 1.82) is 0 Å². The SMILES string of the molecule is CC(C)(C)c1ccc(N(c2ccc3c(c2)N(c2ccccc2)c2cccc4c2B3c2nc3ccc(C(C)(C)C)cn3c2N4c2ccccc2)c2cccc3c2-c2ccccc2C3(C)C)cc1. The van der Waals surface area contributed by atoms with Gasteiger partial charge in [0.1, 0.15) is 11.5 Å². The fourth-order valence-corrected chi connectivity index (χ4v) is 11.1. The minimum atomic E-state index is -0.140. The second-order valence-corrected chi connectivity index (χ2v) is 20.9. The van der Waals surface area contributed by atoms with Crippen LogP contribution in [-0.4, -0.2) is 16.1 Å². The molecule has 3 aliphatic rings. The first-order valence-corrected chi connectivity index (χ1v) is 23.4. The summed E-state index contributed by atoms with van der Waals surface area (Å²) in [7, 11) is 0. The van der Waals surface area contributed by atoms with Gasteiger partial charge in [0.05, 0.1) is 11.3 Å². The third-order valence-corrected chi connectivity index (χ3v) is 14.5. The summed E-state index contributed by atoms with van der Waals surface area (Å²) < 4.78 is 2.34. The van der Waals surface area contributed by atoms with Crippen LogP contribution in [0.4, 0.5) is 51.3 Å². The van der Waals surface area contributed by atoms with E-state index in [1.165, 1.54) is 50.0 Å². The second kappa shape index (κ2) is 14.3. The number of benzene rings is 7. The number of aromatic nitrogens is 2. The molecule has 0 saturated carbocycles. The number of pyridine rings is 1. The van der Waals surface area contributed by atoms with Gasteiger partial charge in [-0.3, -0.25) is 9.30 Å². The van der Waals surface area contributed by atoms with Crippen LogP contribution in [-0.2, 0) is 16.2 Å². The summed E-state index contributed by atoms with van der Waals surface area (Å²) in [6, 6.07) is 65.3. The minimum absolute atomic E-state index is 0.0236. The quantitative estimate of drug-likeness (QED) is 0.161. The molecule has 0 radical (unpaired) electrons. The Labute approximate surface area is 389 Å². The van der Waals surface area contributed by atoms with Gasteiger partial charge in [0.15, 0.2) is 0 Å². The Balaban J connectivity index is 1.14. The van der Waals surface area contributed by atoms with Crippen LogP contribution < -0.4 is 31.2 Å². The van der Waals surface area contributed by atoms with Crippen molar-refractivity contribution in [2.24, 2.45) is 0 Å². The Bertz CT molecular complexity index is 3370. The van der Waals surface area contributed by atoms with Crippen molar-refractivity contribution in [2.75, 3.05) is 14.7 Å². The highest BCUT2D eigenvalue weighted by molar-refractivity contribution is 7.00. The first kappa shape index (κ1) is 40.2. The van der Waals surface area contributed by atoms with E-state index in [0.29, 0.717) is 0 Å². The predicted molar refractivity (Wildman–Crippen MR) is 279 cm³/mol. The zero-order chi connectivity index (χ0) is 45.3. The highest BCUT2D eigenvalue weighted by Crippen LogP contribution is 2.55. The fourth-order valence-electron chi connectivity index (χ4n) is 11.1. The molecule has 66 heavy (non-hydrogen) atoms. The molecule has 0 N–H and O–H groups in total. The van der Waals surface area contributed by atoms with Crippen LogP contribution in [0.25, 0.3) is 16.8 Å². The van der Waals surface area contributed by atoms with Crippen molar-refractivity contribution < 1.29 is 0 Å². The topological polar surface area (TPSA) is 27.0 Å². The van der Waals surface area contributed by atoms with Crippen molar-refractivity contribution in [2.45, 2.75) is 71.6 Å². The molecule has 2 aliphatic heterocycles. The number of para-hydroxylation sites is 2. The van der Waals surface area contributed by atoms with Gasteiger partial charge in [0, 0.05) is 57.0 Å². The van der Waals surface area contributed by atoms with E-state index in [-0.39, 0.29) is 23.0 Å². The van der Waals surface area contributed by atoms with Crippen molar-refractivity contribution >= 4 is 80.2 Å². The van der Waals surface area contributed by atoms with Crippen molar-refractivity contribution in [3.63, 3.8) is 0 Å². The first-order chi connectivity index (χ1) is 31.8. The van der Waals surface area contributed by atoms with Crippen LogP contribution in [0, 0.1) is 0 Å². The van der Waals surface area contributed by atoms with Crippen molar-refractivity contribution in [3.8, 4) is 11.1 Å². The molecule has 7 aromatic carbocycles. The summed E-state index contributed by atoms with van der Waals surface area (Å²) >= 11 is 0. The van der Waals surface area contributed by atoms with Gasteiger partial charge in [-0.15, -0.1) is 0 Å². The lowest BCUT2D eigenvalue weighted by molar-refractivity contribution is 0.586. The van der Waals surface area contributed by atoms with Crippen LogP contribution >= 0.6 is 0 Å². The molecule has 5 nitrogen and oxygen atoms in total. The van der Waals surface area contributed by atoms with E-state index in [9.17, 15) is 0 Å². The van der Waals surface area contributed by atoms with Gasteiger partial charge in [-0.25, -0.2) is 4.98 Å². The maximum atomic E-state index is 5.62. The van der Waals surface area contributed by atoms with Gasteiger partial charge < -0.3 is 9.80 Å². The predicted octanol–water partition coefficient (Wildman–Crippen LogP) is 13.8. The van der Waals surface area contributed by atoms with E-state index in [2.05, 4.69) is 257 Å². The summed E-state index contributed by atoms with van der Waals surface area (Å²) in [5, 5.41) is 0. The third kappa shape index (κ3) is 5.97. The lowest BCUT2D eigenvalue weighted by atomic mass is 9.35. The Hall–Kier alpha value is -7.31. The highest BCUT2D eigenvalue weighted by atomic mass is 15.3. The number of hydrogen-bond acceptors (Lipinski definition) is 4. The minimum Gasteiger partial charge on any atom is -0.311 e. The number of anilines is 9. The van der Waals surface area contributed by atoms with E-state index in [0.717, 1.165) is 56.9 Å². The largest absolute Gasteiger partial charge is 0.311 e. The Morgan fingerprint density at radius 1 is 0.530 bits per heavy atom. The van der Waals surface area contributed by atoms with Gasteiger partial charge in [-0.2, -0.15) is 0 Å². The van der Waals surface area contributed by atoms with Crippen molar-refractivity contribution in [1.82, 2.24) is 9.38 Å². The highest BCUT2D eigenvalue weighted by Gasteiger charge is 2.46. The summed E-state index contributed by atoms with van der Waals surface area (Å²) in [4.78, 5) is 13.1. The van der Waals surface area contributed by atoms with Crippen LogP contribution in [0.3, 0.4) is 0 Å². The van der Waals surface area contributed by atoms with E-state index in [1.807, 2.05) is 0 Å². The average Bonchev–Trinajstić information content (AvgIpc) is 3.81. The van der Waals surface area contributed by atoms with Crippen LogP contribution in [0.1, 0.15) is 77.6 Å². The Morgan fingerprint density at radius 2 is 1.12 bits per heavy atom. The molecule has 0 fully saturated rings. The van der Waals surface area contributed by atoms with Gasteiger partial charge >= 0.3 is 0 Å². The zero-order valence-corrected chi connectivity index (χ0v) is 39.1. The monoisotopic (exact) mass is 855 g/mol. The van der Waals surface area contributed by atoms with E-state index in [4.69, 9.17) is 4.98 Å². The molecular formula is C60H54BN5. The molecule has 1 aliphatic carbocycles. The summed E-state index contributed by atoms with van der Waals surface area (Å²) in [5.74, 6) is 1.09. The molecule has 6 heteroatoms. The second-order valence-electron chi connectivity index (χ2n) is 20.9. The van der Waals surface area contributed by atoms with Gasteiger partial charge in [-0.1, -0.05) is 159 Å². The number of fused-ring (bicyclic) bond motifs is 9. The van der Waals surface area contributed by atoms with Gasteiger partial charge in [0.2, 0.25) is 0 Å². The van der Waals surface area contributed by atoms with Crippen LogP contribution in [0.2, 0.25) is 0 Å². The summed E-state index contributed by atoms with van der Waals surface area (Å²) in [5.41, 5.74) is 21.3. The lowest BCUT2D eigenvalue weighted by Crippen LogP contribution is -2.61. The number of imidazole rings is 1.